The summed E-state index contributed by atoms with van der Waals surface area (Å²) in [4.78, 5) is 13.1. The fourth-order valence-electron chi connectivity index (χ4n) is 7.92. The van der Waals surface area contributed by atoms with Gasteiger partial charge in [0.25, 0.3) is 0 Å². The number of nitriles is 1. The molecule has 0 saturated heterocycles. The first-order valence-corrected chi connectivity index (χ1v) is 11.6. The van der Waals surface area contributed by atoms with Crippen molar-refractivity contribution in [3.05, 3.63) is 18.0 Å². The van der Waals surface area contributed by atoms with E-state index < -0.39 is 5.60 Å². The van der Waals surface area contributed by atoms with Crippen LogP contribution >= 0.6 is 0 Å². The van der Waals surface area contributed by atoms with Crippen LogP contribution in [0, 0.1) is 52.8 Å². The average Bonchev–Trinajstić information content (AvgIpc) is 3.33. The fourth-order valence-corrected chi connectivity index (χ4v) is 7.92. The van der Waals surface area contributed by atoms with E-state index in [1.54, 1.807) is 10.9 Å². The van der Waals surface area contributed by atoms with Crippen LogP contribution in [-0.4, -0.2) is 26.3 Å². The van der Waals surface area contributed by atoms with Crippen LogP contribution in [0.3, 0.4) is 0 Å². The average molecular weight is 396 g/mol. The second-order valence-corrected chi connectivity index (χ2v) is 10.7. The van der Waals surface area contributed by atoms with Crippen molar-refractivity contribution in [1.82, 2.24) is 9.78 Å². The van der Waals surface area contributed by atoms with Gasteiger partial charge < -0.3 is 5.11 Å². The summed E-state index contributed by atoms with van der Waals surface area (Å²) in [6.07, 6.45) is 13.7. The maximum Gasteiger partial charge on any atom is 0.157 e. The molecule has 0 amide bonds. The van der Waals surface area contributed by atoms with E-state index in [2.05, 4.69) is 11.2 Å². The molecule has 0 aromatic carbocycles. The van der Waals surface area contributed by atoms with Crippen molar-refractivity contribution in [2.75, 3.05) is 0 Å². The zero-order valence-electron chi connectivity index (χ0n) is 17.5. The molecule has 156 valence electrons. The van der Waals surface area contributed by atoms with E-state index in [-0.39, 0.29) is 5.92 Å². The largest absolute Gasteiger partial charge is 0.390 e. The number of nitrogens with zero attached hydrogens (tertiary/aromatic N) is 3. The molecule has 5 rings (SSSR count). The number of Topliss-reactive ketones (excluding diaryl/α,β-unsaturated/α-hetero) is 1. The highest BCUT2D eigenvalue weighted by molar-refractivity contribution is 5.81. The van der Waals surface area contributed by atoms with Gasteiger partial charge in [-0.15, -0.1) is 0 Å². The number of aromatic nitrogens is 2. The lowest BCUT2D eigenvalue weighted by Crippen LogP contribution is -2.48. The van der Waals surface area contributed by atoms with Gasteiger partial charge in [0.2, 0.25) is 0 Å². The molecule has 4 aliphatic rings. The Balaban J connectivity index is 1.26. The molecular weight excluding hydrogens is 362 g/mol. The number of fused-ring (bicyclic) bond motifs is 5. The Labute approximate surface area is 173 Å². The molecule has 0 radical (unpaired) electrons. The van der Waals surface area contributed by atoms with Crippen molar-refractivity contribution in [1.29, 1.82) is 5.26 Å². The summed E-state index contributed by atoms with van der Waals surface area (Å²) in [5.74, 6) is 4.90. The van der Waals surface area contributed by atoms with Gasteiger partial charge in [0, 0.05) is 12.1 Å². The van der Waals surface area contributed by atoms with Gasteiger partial charge >= 0.3 is 0 Å². The molecule has 0 bridgehead atoms. The Morgan fingerprint density at radius 2 is 1.83 bits per heavy atom. The third-order valence-corrected chi connectivity index (χ3v) is 9.05. The lowest BCUT2D eigenvalue weighted by Gasteiger charge is -2.54. The zero-order valence-corrected chi connectivity index (χ0v) is 17.5. The summed E-state index contributed by atoms with van der Waals surface area (Å²) in [5, 5.41) is 23.7. The number of hydrogen-bond acceptors (Lipinski definition) is 4. The first kappa shape index (κ1) is 19.3. The highest BCUT2D eigenvalue weighted by Crippen LogP contribution is 2.59. The summed E-state index contributed by atoms with van der Waals surface area (Å²) in [7, 11) is 0. The molecule has 4 fully saturated rings. The summed E-state index contributed by atoms with van der Waals surface area (Å²) in [6, 6.07) is 2.08. The molecule has 1 N–H and O–H groups in total. The van der Waals surface area contributed by atoms with Gasteiger partial charge in [-0.2, -0.15) is 10.4 Å². The van der Waals surface area contributed by atoms with Crippen molar-refractivity contribution >= 4 is 5.78 Å². The Morgan fingerprint density at radius 1 is 1.14 bits per heavy atom. The molecule has 8 atom stereocenters. The van der Waals surface area contributed by atoms with E-state index >= 15 is 0 Å². The minimum absolute atomic E-state index is 0.181. The van der Waals surface area contributed by atoms with Crippen LogP contribution in [0.25, 0.3) is 0 Å². The van der Waals surface area contributed by atoms with Gasteiger partial charge in [-0.05, 0) is 100 Å². The molecule has 0 aliphatic heterocycles. The normalized spacial score (nSPS) is 43.7. The SMILES string of the molecule is C[C@@]1(O)CC[C@H]2[C@H](CC[C@@H]3[C@@H]2CC[C@H]2[C@H]3CC[C@H]2C(=O)Cn2cc(C#N)cn2)C1. The minimum Gasteiger partial charge on any atom is -0.390 e. The molecule has 29 heavy (non-hydrogen) atoms. The Kier molecular flexibility index (Phi) is 4.81. The molecule has 0 unspecified atom stereocenters. The predicted octanol–water partition coefficient (Wildman–Crippen LogP) is 3.95. The molecule has 1 aromatic rings. The van der Waals surface area contributed by atoms with Crippen LogP contribution in [-0.2, 0) is 11.3 Å². The number of carbonyl (C=O) groups is 1. The minimum atomic E-state index is -0.450. The second-order valence-electron chi connectivity index (χ2n) is 10.7. The van der Waals surface area contributed by atoms with Crippen molar-refractivity contribution in [3.8, 4) is 6.07 Å². The lowest BCUT2D eigenvalue weighted by atomic mass is 9.52. The third kappa shape index (κ3) is 3.44. The Bertz CT molecular complexity index is 822. The molecule has 1 heterocycles. The smallest absolute Gasteiger partial charge is 0.157 e. The van der Waals surface area contributed by atoms with Crippen molar-refractivity contribution in [2.45, 2.75) is 76.9 Å². The maximum atomic E-state index is 13.1. The summed E-state index contributed by atoms with van der Waals surface area (Å²) < 4.78 is 1.64. The summed E-state index contributed by atoms with van der Waals surface area (Å²) >= 11 is 0. The van der Waals surface area contributed by atoms with E-state index in [9.17, 15) is 9.90 Å². The predicted molar refractivity (Wildman–Crippen MR) is 109 cm³/mol. The molecule has 4 aliphatic carbocycles. The van der Waals surface area contributed by atoms with Crippen molar-refractivity contribution < 1.29 is 9.90 Å². The van der Waals surface area contributed by atoms with Crippen LogP contribution in [0.4, 0.5) is 0 Å². The van der Waals surface area contributed by atoms with Gasteiger partial charge in [-0.25, -0.2) is 0 Å². The zero-order chi connectivity index (χ0) is 20.2. The van der Waals surface area contributed by atoms with E-state index in [4.69, 9.17) is 5.26 Å². The molecule has 1 aromatic heterocycles. The molecule has 5 nitrogen and oxygen atoms in total. The van der Waals surface area contributed by atoms with Crippen LogP contribution in [0.15, 0.2) is 12.4 Å². The number of aliphatic hydroxyl groups is 1. The first-order chi connectivity index (χ1) is 13.9. The van der Waals surface area contributed by atoms with Gasteiger partial charge in [-0.3, -0.25) is 9.48 Å². The second kappa shape index (κ2) is 7.23. The summed E-state index contributed by atoms with van der Waals surface area (Å²) in [6.45, 7) is 2.34. The number of carbonyl (C=O) groups excluding carboxylic acids is 1. The molecule has 0 spiro atoms. The molecular formula is C24H33N3O2. The van der Waals surface area contributed by atoms with E-state index in [1.165, 1.54) is 44.7 Å². The topological polar surface area (TPSA) is 78.9 Å². The van der Waals surface area contributed by atoms with Gasteiger partial charge in [-0.1, -0.05) is 0 Å². The highest BCUT2D eigenvalue weighted by atomic mass is 16.3. The fraction of sp³-hybridized carbons (Fsp3) is 0.792. The first-order valence-electron chi connectivity index (χ1n) is 11.6. The third-order valence-electron chi connectivity index (χ3n) is 9.05. The van der Waals surface area contributed by atoms with Crippen LogP contribution in [0.5, 0.6) is 0 Å². The highest BCUT2D eigenvalue weighted by Gasteiger charge is 2.53. The van der Waals surface area contributed by atoms with E-state index in [0.29, 0.717) is 29.7 Å². The molecule has 4 saturated carbocycles. The number of hydrogen-bond donors (Lipinski definition) is 1. The van der Waals surface area contributed by atoms with Crippen LogP contribution in [0.2, 0.25) is 0 Å². The van der Waals surface area contributed by atoms with Gasteiger partial charge in [0.15, 0.2) is 5.78 Å². The van der Waals surface area contributed by atoms with Crippen molar-refractivity contribution in [2.24, 2.45) is 41.4 Å². The van der Waals surface area contributed by atoms with Gasteiger partial charge in [0.05, 0.1) is 23.9 Å². The number of rotatable bonds is 3. The monoisotopic (exact) mass is 395 g/mol. The van der Waals surface area contributed by atoms with Gasteiger partial charge in [0.1, 0.15) is 6.07 Å². The quantitative estimate of drug-likeness (QED) is 0.840. The van der Waals surface area contributed by atoms with E-state index in [0.717, 1.165) is 42.9 Å². The molecule has 5 heteroatoms. The standard InChI is InChI=1S/C24H33N3O2/c1-24(29)9-8-17-16(10-24)2-3-19-18(17)4-5-21-20(19)6-7-22(21)23(28)14-27-13-15(11-25)12-26-27/h12-13,16-22,29H,2-10,14H2,1H3/t16-,17+,18-,19-,20+,21+,22-,24-/m1/s1. The number of ketones is 1. The van der Waals surface area contributed by atoms with Crippen LogP contribution in [0.1, 0.15) is 70.3 Å². The summed E-state index contributed by atoms with van der Waals surface area (Å²) in [5.41, 5.74) is 0.0689. The van der Waals surface area contributed by atoms with Crippen LogP contribution < -0.4 is 0 Å². The lowest BCUT2D eigenvalue weighted by molar-refractivity contribution is -0.127. The van der Waals surface area contributed by atoms with E-state index in [1.807, 2.05) is 6.92 Å². The Morgan fingerprint density at radius 3 is 2.62 bits per heavy atom. The Hall–Kier alpha value is -1.67. The maximum absolute atomic E-state index is 13.1. The van der Waals surface area contributed by atoms with Crippen molar-refractivity contribution in [3.63, 3.8) is 0 Å².